The SMILES string of the molecule is COc1ccccc1Nc1ncccc1C(=O)N1CCN(Cc2ccc(OC)c(OC)c2OC)CC1. The lowest BCUT2D eigenvalue weighted by molar-refractivity contribution is 0.0628. The molecule has 1 aliphatic rings. The van der Waals surface area contributed by atoms with Gasteiger partial charge in [0.1, 0.15) is 11.6 Å². The Hall–Kier alpha value is -3.98. The number of aromatic nitrogens is 1. The molecule has 9 heteroatoms. The third-order valence-corrected chi connectivity index (χ3v) is 6.24. The van der Waals surface area contributed by atoms with Crippen LogP contribution in [0.4, 0.5) is 11.5 Å². The van der Waals surface area contributed by atoms with Gasteiger partial charge < -0.3 is 29.2 Å². The summed E-state index contributed by atoms with van der Waals surface area (Å²) in [5.74, 6) is 3.01. The first-order chi connectivity index (χ1) is 17.6. The number of piperazine rings is 1. The number of carbonyl (C=O) groups is 1. The Kier molecular flexibility index (Phi) is 8.12. The zero-order valence-corrected chi connectivity index (χ0v) is 21.1. The van der Waals surface area contributed by atoms with Crippen molar-refractivity contribution in [2.75, 3.05) is 59.9 Å². The molecule has 0 radical (unpaired) electrons. The van der Waals surface area contributed by atoms with Crippen LogP contribution in [-0.2, 0) is 6.54 Å². The molecular formula is C27H32N4O5. The predicted octanol–water partition coefficient (Wildman–Crippen LogP) is 3.82. The van der Waals surface area contributed by atoms with Gasteiger partial charge in [-0.2, -0.15) is 0 Å². The number of para-hydroxylation sites is 2. The highest BCUT2D eigenvalue weighted by Gasteiger charge is 2.26. The number of pyridine rings is 1. The van der Waals surface area contributed by atoms with Crippen LogP contribution in [0.25, 0.3) is 0 Å². The van der Waals surface area contributed by atoms with Crippen LogP contribution in [-0.4, -0.2) is 75.3 Å². The molecular weight excluding hydrogens is 460 g/mol. The van der Waals surface area contributed by atoms with E-state index in [0.29, 0.717) is 54.0 Å². The molecule has 1 aliphatic heterocycles. The van der Waals surface area contributed by atoms with Crippen molar-refractivity contribution in [3.63, 3.8) is 0 Å². The molecule has 0 unspecified atom stereocenters. The molecule has 9 nitrogen and oxygen atoms in total. The fourth-order valence-electron chi connectivity index (χ4n) is 4.36. The summed E-state index contributed by atoms with van der Waals surface area (Å²) in [5.41, 5.74) is 2.28. The minimum Gasteiger partial charge on any atom is -0.495 e. The topological polar surface area (TPSA) is 85.4 Å². The quantitative estimate of drug-likeness (QED) is 0.483. The van der Waals surface area contributed by atoms with Gasteiger partial charge in [-0.05, 0) is 30.3 Å². The molecule has 0 bridgehead atoms. The molecule has 4 rings (SSSR count). The smallest absolute Gasteiger partial charge is 0.257 e. The molecule has 2 aromatic carbocycles. The number of anilines is 2. The van der Waals surface area contributed by atoms with Crippen molar-refractivity contribution in [3.8, 4) is 23.0 Å². The van der Waals surface area contributed by atoms with Gasteiger partial charge in [0.15, 0.2) is 11.5 Å². The van der Waals surface area contributed by atoms with Gasteiger partial charge in [-0.1, -0.05) is 18.2 Å². The molecule has 0 saturated carbocycles. The first-order valence-electron chi connectivity index (χ1n) is 11.7. The number of hydrogen-bond donors (Lipinski definition) is 1. The van der Waals surface area contributed by atoms with Crippen LogP contribution in [0.5, 0.6) is 23.0 Å². The van der Waals surface area contributed by atoms with Gasteiger partial charge in [-0.15, -0.1) is 0 Å². The number of methoxy groups -OCH3 is 4. The Morgan fingerprint density at radius 2 is 1.56 bits per heavy atom. The third kappa shape index (κ3) is 5.31. The van der Waals surface area contributed by atoms with E-state index in [4.69, 9.17) is 18.9 Å². The molecule has 1 N–H and O–H groups in total. The van der Waals surface area contributed by atoms with Crippen molar-refractivity contribution in [2.45, 2.75) is 6.54 Å². The average molecular weight is 493 g/mol. The number of rotatable bonds is 9. The molecule has 190 valence electrons. The van der Waals surface area contributed by atoms with Gasteiger partial charge in [-0.25, -0.2) is 4.98 Å². The number of hydrogen-bond acceptors (Lipinski definition) is 8. The second kappa shape index (κ2) is 11.6. The van der Waals surface area contributed by atoms with Crippen LogP contribution in [0.2, 0.25) is 0 Å². The Morgan fingerprint density at radius 1 is 0.833 bits per heavy atom. The lowest BCUT2D eigenvalue weighted by atomic mass is 10.1. The van der Waals surface area contributed by atoms with E-state index in [2.05, 4.69) is 15.2 Å². The first-order valence-corrected chi connectivity index (χ1v) is 11.7. The lowest BCUT2D eigenvalue weighted by Crippen LogP contribution is -2.48. The molecule has 1 saturated heterocycles. The van der Waals surface area contributed by atoms with E-state index in [9.17, 15) is 4.79 Å². The molecule has 1 aromatic heterocycles. The van der Waals surface area contributed by atoms with Crippen LogP contribution in [0.15, 0.2) is 54.7 Å². The number of ether oxygens (including phenoxy) is 4. The maximum atomic E-state index is 13.4. The minimum atomic E-state index is -0.0520. The number of amides is 1. The summed E-state index contributed by atoms with van der Waals surface area (Å²) >= 11 is 0. The molecule has 3 aromatic rings. The highest BCUT2D eigenvalue weighted by Crippen LogP contribution is 2.40. The molecule has 0 atom stereocenters. The van der Waals surface area contributed by atoms with E-state index < -0.39 is 0 Å². The summed E-state index contributed by atoms with van der Waals surface area (Å²) in [4.78, 5) is 22.0. The molecule has 0 aliphatic carbocycles. The highest BCUT2D eigenvalue weighted by atomic mass is 16.5. The molecule has 2 heterocycles. The molecule has 1 fully saturated rings. The predicted molar refractivity (Wildman–Crippen MR) is 138 cm³/mol. The van der Waals surface area contributed by atoms with E-state index in [1.165, 1.54) is 0 Å². The van der Waals surface area contributed by atoms with Gasteiger partial charge in [0.2, 0.25) is 5.75 Å². The fraction of sp³-hybridized carbons (Fsp3) is 0.333. The van der Waals surface area contributed by atoms with Crippen molar-refractivity contribution in [1.82, 2.24) is 14.8 Å². The summed E-state index contributed by atoms with van der Waals surface area (Å²) in [6.07, 6.45) is 1.67. The lowest BCUT2D eigenvalue weighted by Gasteiger charge is -2.35. The van der Waals surface area contributed by atoms with E-state index in [1.807, 2.05) is 41.3 Å². The van der Waals surface area contributed by atoms with Crippen LogP contribution < -0.4 is 24.3 Å². The number of benzene rings is 2. The summed E-state index contributed by atoms with van der Waals surface area (Å²) in [7, 11) is 6.45. The molecule has 36 heavy (non-hydrogen) atoms. The summed E-state index contributed by atoms with van der Waals surface area (Å²) < 4.78 is 22.0. The maximum Gasteiger partial charge on any atom is 0.257 e. The maximum absolute atomic E-state index is 13.4. The van der Waals surface area contributed by atoms with Crippen LogP contribution in [0.3, 0.4) is 0 Å². The van der Waals surface area contributed by atoms with Crippen LogP contribution in [0.1, 0.15) is 15.9 Å². The zero-order chi connectivity index (χ0) is 25.5. The monoisotopic (exact) mass is 492 g/mol. The Labute approximate surface area is 211 Å². The van der Waals surface area contributed by atoms with Crippen molar-refractivity contribution < 1.29 is 23.7 Å². The number of nitrogens with zero attached hydrogens (tertiary/aromatic N) is 3. The van der Waals surface area contributed by atoms with Gasteiger partial charge in [0.25, 0.3) is 5.91 Å². The second-order valence-electron chi connectivity index (χ2n) is 8.29. The van der Waals surface area contributed by atoms with E-state index in [-0.39, 0.29) is 5.91 Å². The van der Waals surface area contributed by atoms with Gasteiger partial charge in [0, 0.05) is 44.5 Å². The van der Waals surface area contributed by atoms with Crippen LogP contribution in [0, 0.1) is 0 Å². The van der Waals surface area contributed by atoms with E-state index in [0.717, 1.165) is 24.3 Å². The Bertz CT molecular complexity index is 1190. The first kappa shape index (κ1) is 25.1. The Morgan fingerprint density at radius 3 is 2.25 bits per heavy atom. The summed E-state index contributed by atoms with van der Waals surface area (Å²) in [5, 5.41) is 3.26. The summed E-state index contributed by atoms with van der Waals surface area (Å²) in [6, 6.07) is 15.0. The van der Waals surface area contributed by atoms with Gasteiger partial charge >= 0.3 is 0 Å². The van der Waals surface area contributed by atoms with Crippen molar-refractivity contribution >= 4 is 17.4 Å². The second-order valence-corrected chi connectivity index (χ2v) is 8.29. The van der Waals surface area contributed by atoms with Gasteiger partial charge in [0.05, 0.1) is 39.7 Å². The standard InChI is InChI=1S/C27H32N4O5/c1-33-22-10-6-5-9-21(22)29-26-20(8-7-13-28-26)27(32)31-16-14-30(15-17-31)18-19-11-12-23(34-2)25(36-4)24(19)35-3/h5-13H,14-18H2,1-4H3,(H,28,29). The van der Waals surface area contributed by atoms with E-state index >= 15 is 0 Å². The zero-order valence-electron chi connectivity index (χ0n) is 21.1. The third-order valence-electron chi connectivity index (χ3n) is 6.24. The number of nitrogens with one attached hydrogen (secondary N) is 1. The normalized spacial score (nSPS) is 13.7. The van der Waals surface area contributed by atoms with Crippen molar-refractivity contribution in [2.24, 2.45) is 0 Å². The van der Waals surface area contributed by atoms with Crippen molar-refractivity contribution in [1.29, 1.82) is 0 Å². The van der Waals surface area contributed by atoms with E-state index in [1.54, 1.807) is 46.8 Å². The van der Waals surface area contributed by atoms with Gasteiger partial charge in [-0.3, -0.25) is 9.69 Å². The Balaban J connectivity index is 1.44. The van der Waals surface area contributed by atoms with Crippen LogP contribution >= 0.6 is 0 Å². The summed E-state index contributed by atoms with van der Waals surface area (Å²) in [6.45, 7) is 3.37. The minimum absolute atomic E-state index is 0.0520. The van der Waals surface area contributed by atoms with Crippen molar-refractivity contribution in [3.05, 3.63) is 65.9 Å². The highest BCUT2D eigenvalue weighted by molar-refractivity contribution is 5.99. The molecule has 1 amide bonds. The fourth-order valence-corrected chi connectivity index (χ4v) is 4.36. The average Bonchev–Trinajstić information content (AvgIpc) is 2.93. The molecule has 0 spiro atoms. The largest absolute Gasteiger partial charge is 0.495 e. The number of carbonyl (C=O) groups excluding carboxylic acids is 1.